The Balaban J connectivity index is 2.15. The van der Waals surface area contributed by atoms with Gasteiger partial charge in [0.05, 0.1) is 11.5 Å². The third-order valence-corrected chi connectivity index (χ3v) is 3.59. The molecule has 2 atom stereocenters. The first-order valence-electron chi connectivity index (χ1n) is 7.17. The fraction of sp³-hybridized carbons (Fsp3) is 0.562. The van der Waals surface area contributed by atoms with Gasteiger partial charge < -0.3 is 10.6 Å². The molecule has 2 N–H and O–H groups in total. The van der Waals surface area contributed by atoms with Gasteiger partial charge >= 0.3 is 5.97 Å². The number of rotatable bonds is 2. The van der Waals surface area contributed by atoms with Gasteiger partial charge in [-0.25, -0.2) is 4.79 Å². The SMILES string of the molecule is CC(C)(C)C(=O)ON1CCC(N)CC1c1ccccc1. The van der Waals surface area contributed by atoms with Crippen LogP contribution in [0.1, 0.15) is 45.2 Å². The summed E-state index contributed by atoms with van der Waals surface area (Å²) < 4.78 is 0. The summed E-state index contributed by atoms with van der Waals surface area (Å²) in [6.07, 6.45) is 1.65. The van der Waals surface area contributed by atoms with Gasteiger partial charge in [0.15, 0.2) is 0 Å². The molecule has 1 aromatic rings. The normalized spacial score (nSPS) is 24.4. The zero-order chi connectivity index (χ0) is 14.8. The Morgan fingerprint density at radius 2 is 1.95 bits per heavy atom. The van der Waals surface area contributed by atoms with Gasteiger partial charge in [-0.05, 0) is 39.2 Å². The Morgan fingerprint density at radius 1 is 1.30 bits per heavy atom. The monoisotopic (exact) mass is 276 g/mol. The number of carbonyl (C=O) groups excluding carboxylic acids is 1. The molecule has 0 amide bonds. The van der Waals surface area contributed by atoms with E-state index in [0.29, 0.717) is 6.54 Å². The van der Waals surface area contributed by atoms with Crippen LogP contribution in [0.15, 0.2) is 30.3 Å². The summed E-state index contributed by atoms with van der Waals surface area (Å²) in [5, 5.41) is 1.80. The number of nitrogens with zero attached hydrogens (tertiary/aromatic N) is 1. The van der Waals surface area contributed by atoms with Crippen LogP contribution in [0, 0.1) is 5.41 Å². The van der Waals surface area contributed by atoms with Crippen molar-refractivity contribution in [3.05, 3.63) is 35.9 Å². The van der Waals surface area contributed by atoms with Crippen LogP contribution >= 0.6 is 0 Å². The van der Waals surface area contributed by atoms with Crippen LogP contribution in [0.3, 0.4) is 0 Å². The van der Waals surface area contributed by atoms with Crippen molar-refractivity contribution in [2.45, 2.75) is 45.7 Å². The number of piperidine rings is 1. The van der Waals surface area contributed by atoms with Crippen molar-refractivity contribution in [3.63, 3.8) is 0 Å². The van der Waals surface area contributed by atoms with Gasteiger partial charge in [0.1, 0.15) is 0 Å². The van der Waals surface area contributed by atoms with Crippen molar-refractivity contribution in [3.8, 4) is 0 Å². The Kier molecular flexibility index (Phi) is 4.45. The summed E-state index contributed by atoms with van der Waals surface area (Å²) in [6, 6.07) is 10.3. The highest BCUT2D eigenvalue weighted by Crippen LogP contribution is 2.31. The summed E-state index contributed by atoms with van der Waals surface area (Å²) in [6.45, 7) is 6.27. The maximum Gasteiger partial charge on any atom is 0.330 e. The quantitative estimate of drug-likeness (QED) is 0.902. The van der Waals surface area contributed by atoms with E-state index in [0.717, 1.165) is 18.4 Å². The molecular formula is C16H24N2O2. The molecule has 1 aliphatic rings. The van der Waals surface area contributed by atoms with Gasteiger partial charge in [0.25, 0.3) is 0 Å². The minimum atomic E-state index is -0.499. The molecule has 1 aromatic carbocycles. The molecule has 0 saturated carbocycles. The molecule has 1 heterocycles. The van der Waals surface area contributed by atoms with Gasteiger partial charge in [-0.2, -0.15) is 0 Å². The summed E-state index contributed by atoms with van der Waals surface area (Å²) in [4.78, 5) is 17.7. The first-order valence-corrected chi connectivity index (χ1v) is 7.17. The van der Waals surface area contributed by atoms with E-state index in [1.807, 2.05) is 39.0 Å². The van der Waals surface area contributed by atoms with E-state index >= 15 is 0 Å². The van der Waals surface area contributed by atoms with E-state index in [-0.39, 0.29) is 18.1 Å². The highest BCUT2D eigenvalue weighted by molar-refractivity contribution is 5.75. The summed E-state index contributed by atoms with van der Waals surface area (Å²) in [5.41, 5.74) is 6.72. The van der Waals surface area contributed by atoms with Crippen molar-refractivity contribution >= 4 is 5.97 Å². The highest BCUT2D eigenvalue weighted by atomic mass is 16.7. The van der Waals surface area contributed by atoms with Crippen molar-refractivity contribution < 1.29 is 9.63 Å². The number of benzene rings is 1. The molecule has 20 heavy (non-hydrogen) atoms. The topological polar surface area (TPSA) is 55.6 Å². The van der Waals surface area contributed by atoms with E-state index in [4.69, 9.17) is 10.6 Å². The van der Waals surface area contributed by atoms with Crippen LogP contribution in [0.2, 0.25) is 0 Å². The first-order chi connectivity index (χ1) is 9.38. The molecule has 1 aliphatic heterocycles. The minimum absolute atomic E-state index is 0.0475. The second kappa shape index (κ2) is 5.94. The summed E-state index contributed by atoms with van der Waals surface area (Å²) in [5.74, 6) is -0.200. The number of carbonyl (C=O) groups is 1. The lowest BCUT2D eigenvalue weighted by atomic mass is 9.94. The van der Waals surface area contributed by atoms with Crippen molar-refractivity contribution in [2.75, 3.05) is 6.54 Å². The Labute approximate surface area is 120 Å². The molecule has 0 aliphatic carbocycles. The molecule has 0 bridgehead atoms. The fourth-order valence-electron chi connectivity index (χ4n) is 2.30. The lowest BCUT2D eigenvalue weighted by molar-refractivity contribution is -0.219. The number of hydroxylamine groups is 2. The molecule has 4 nitrogen and oxygen atoms in total. The lowest BCUT2D eigenvalue weighted by Crippen LogP contribution is -2.44. The third-order valence-electron chi connectivity index (χ3n) is 3.59. The van der Waals surface area contributed by atoms with E-state index in [1.165, 1.54) is 0 Å². The first kappa shape index (κ1) is 15.0. The molecule has 2 unspecified atom stereocenters. The number of nitrogens with two attached hydrogens (primary N) is 1. The van der Waals surface area contributed by atoms with Crippen molar-refractivity contribution in [2.24, 2.45) is 11.1 Å². The van der Waals surface area contributed by atoms with E-state index in [1.54, 1.807) is 5.06 Å². The molecule has 0 radical (unpaired) electrons. The predicted molar refractivity (Wildman–Crippen MR) is 78.6 cm³/mol. The number of hydrogen-bond acceptors (Lipinski definition) is 4. The maximum absolute atomic E-state index is 12.1. The molecule has 0 aromatic heterocycles. The minimum Gasteiger partial charge on any atom is -0.367 e. The van der Waals surface area contributed by atoms with E-state index < -0.39 is 5.41 Å². The lowest BCUT2D eigenvalue weighted by Gasteiger charge is -2.37. The average molecular weight is 276 g/mol. The van der Waals surface area contributed by atoms with Crippen molar-refractivity contribution in [1.82, 2.24) is 5.06 Å². The Morgan fingerprint density at radius 3 is 2.55 bits per heavy atom. The Bertz CT molecular complexity index is 453. The second-order valence-electron chi connectivity index (χ2n) is 6.48. The van der Waals surface area contributed by atoms with Gasteiger partial charge in [-0.1, -0.05) is 30.3 Å². The summed E-state index contributed by atoms with van der Waals surface area (Å²) >= 11 is 0. The molecular weight excluding hydrogens is 252 g/mol. The second-order valence-corrected chi connectivity index (χ2v) is 6.48. The highest BCUT2D eigenvalue weighted by Gasteiger charge is 2.33. The average Bonchev–Trinajstić information content (AvgIpc) is 2.40. The molecule has 110 valence electrons. The van der Waals surface area contributed by atoms with Crippen LogP contribution in [-0.2, 0) is 9.63 Å². The van der Waals surface area contributed by atoms with Crippen LogP contribution in [-0.4, -0.2) is 23.6 Å². The molecule has 2 rings (SSSR count). The van der Waals surface area contributed by atoms with Gasteiger partial charge in [-0.3, -0.25) is 0 Å². The zero-order valence-corrected chi connectivity index (χ0v) is 12.5. The van der Waals surface area contributed by atoms with E-state index in [2.05, 4.69) is 12.1 Å². The standard InChI is InChI=1S/C16H24N2O2/c1-16(2,3)15(19)20-18-10-9-13(17)11-14(18)12-7-5-4-6-8-12/h4-8,13-14H,9-11,17H2,1-3H3. The fourth-order valence-corrected chi connectivity index (χ4v) is 2.30. The van der Waals surface area contributed by atoms with Crippen LogP contribution in [0.5, 0.6) is 0 Å². The smallest absolute Gasteiger partial charge is 0.330 e. The molecule has 4 heteroatoms. The molecule has 0 spiro atoms. The maximum atomic E-state index is 12.1. The zero-order valence-electron chi connectivity index (χ0n) is 12.5. The molecule has 1 fully saturated rings. The Hall–Kier alpha value is -1.39. The van der Waals surface area contributed by atoms with Gasteiger partial charge in [0.2, 0.25) is 0 Å². The predicted octanol–water partition coefficient (Wildman–Crippen LogP) is 2.66. The van der Waals surface area contributed by atoms with Crippen LogP contribution in [0.4, 0.5) is 0 Å². The molecule has 1 saturated heterocycles. The van der Waals surface area contributed by atoms with E-state index in [9.17, 15) is 4.79 Å². The third kappa shape index (κ3) is 3.58. The largest absolute Gasteiger partial charge is 0.367 e. The number of hydrogen-bond donors (Lipinski definition) is 1. The van der Waals surface area contributed by atoms with Crippen molar-refractivity contribution in [1.29, 1.82) is 0 Å². The van der Waals surface area contributed by atoms with Crippen LogP contribution < -0.4 is 5.73 Å². The van der Waals surface area contributed by atoms with Gasteiger partial charge in [-0.15, -0.1) is 5.06 Å². The van der Waals surface area contributed by atoms with Crippen LogP contribution in [0.25, 0.3) is 0 Å². The summed E-state index contributed by atoms with van der Waals surface area (Å²) in [7, 11) is 0. The van der Waals surface area contributed by atoms with Gasteiger partial charge in [0, 0.05) is 12.6 Å².